The summed E-state index contributed by atoms with van der Waals surface area (Å²) in [5, 5.41) is 10.7. The quantitative estimate of drug-likeness (QED) is 0.362. The molecule has 0 aromatic carbocycles. The SMILES string of the molecule is C=C1C(=O)O[C@H]2C/C(COC(=O)C(C)C)=C/CC[C@]3(C)O[C@@H]3[C@@H](O)[C@H]12. The van der Waals surface area contributed by atoms with Crippen LogP contribution in [0.3, 0.4) is 0 Å². The van der Waals surface area contributed by atoms with E-state index < -0.39 is 29.7 Å². The number of hydrogen-bond acceptors (Lipinski definition) is 6. The van der Waals surface area contributed by atoms with Crippen molar-refractivity contribution in [1.82, 2.24) is 0 Å². The van der Waals surface area contributed by atoms with Crippen molar-refractivity contribution in [2.24, 2.45) is 11.8 Å². The van der Waals surface area contributed by atoms with Gasteiger partial charge >= 0.3 is 11.9 Å². The van der Waals surface area contributed by atoms with E-state index in [0.717, 1.165) is 18.4 Å². The van der Waals surface area contributed by atoms with Crippen LogP contribution in [0.25, 0.3) is 0 Å². The third kappa shape index (κ3) is 3.51. The molecule has 138 valence electrons. The minimum absolute atomic E-state index is 0.168. The summed E-state index contributed by atoms with van der Waals surface area (Å²) in [6.45, 7) is 9.49. The number of ether oxygens (including phenoxy) is 3. The molecule has 2 heterocycles. The Bertz CT molecular complexity index is 621. The van der Waals surface area contributed by atoms with Gasteiger partial charge in [-0.1, -0.05) is 26.5 Å². The number of hydrogen-bond donors (Lipinski definition) is 1. The Morgan fingerprint density at radius 1 is 1.52 bits per heavy atom. The molecular formula is C19H26O6. The lowest BCUT2D eigenvalue weighted by atomic mass is 9.82. The van der Waals surface area contributed by atoms with Crippen molar-refractivity contribution in [3.63, 3.8) is 0 Å². The van der Waals surface area contributed by atoms with Crippen molar-refractivity contribution in [2.45, 2.75) is 63.9 Å². The van der Waals surface area contributed by atoms with Gasteiger partial charge in [-0.15, -0.1) is 0 Å². The third-order valence-electron chi connectivity index (χ3n) is 5.35. The minimum atomic E-state index is -0.827. The van der Waals surface area contributed by atoms with E-state index in [1.165, 1.54) is 0 Å². The normalized spacial score (nSPS) is 39.8. The van der Waals surface area contributed by atoms with Crippen LogP contribution in [-0.4, -0.2) is 47.6 Å². The third-order valence-corrected chi connectivity index (χ3v) is 5.35. The molecule has 25 heavy (non-hydrogen) atoms. The molecule has 0 aromatic heterocycles. The summed E-state index contributed by atoms with van der Waals surface area (Å²) in [4.78, 5) is 23.7. The lowest BCUT2D eigenvalue weighted by Crippen LogP contribution is -2.36. The average molecular weight is 350 g/mol. The molecule has 1 aliphatic carbocycles. The highest BCUT2D eigenvalue weighted by molar-refractivity contribution is 5.91. The first-order valence-corrected chi connectivity index (χ1v) is 8.83. The van der Waals surface area contributed by atoms with Crippen LogP contribution in [0.2, 0.25) is 0 Å². The van der Waals surface area contributed by atoms with Gasteiger partial charge < -0.3 is 19.3 Å². The molecular weight excluding hydrogens is 324 g/mol. The molecule has 0 bridgehead atoms. The molecule has 6 nitrogen and oxygen atoms in total. The summed E-state index contributed by atoms with van der Waals surface area (Å²) in [5.74, 6) is -1.44. The zero-order valence-electron chi connectivity index (χ0n) is 15.0. The average Bonchev–Trinajstić information content (AvgIpc) is 3.14. The highest BCUT2D eigenvalue weighted by atomic mass is 16.6. The zero-order chi connectivity index (χ0) is 18.4. The van der Waals surface area contributed by atoms with Crippen LogP contribution < -0.4 is 0 Å². The van der Waals surface area contributed by atoms with Gasteiger partial charge in [-0.25, -0.2) is 4.79 Å². The van der Waals surface area contributed by atoms with E-state index in [4.69, 9.17) is 14.2 Å². The second-order valence-electron chi connectivity index (χ2n) is 7.70. The van der Waals surface area contributed by atoms with E-state index >= 15 is 0 Å². The van der Waals surface area contributed by atoms with Gasteiger partial charge in [0.15, 0.2) is 0 Å². The Labute approximate surface area is 147 Å². The maximum atomic E-state index is 12.0. The Balaban J connectivity index is 1.79. The Morgan fingerprint density at radius 3 is 2.92 bits per heavy atom. The molecule has 3 rings (SSSR count). The Morgan fingerprint density at radius 2 is 2.24 bits per heavy atom. The zero-order valence-corrected chi connectivity index (χ0v) is 15.0. The smallest absolute Gasteiger partial charge is 0.334 e. The Kier molecular flexibility index (Phi) is 4.77. The van der Waals surface area contributed by atoms with E-state index in [1.807, 2.05) is 13.0 Å². The summed E-state index contributed by atoms with van der Waals surface area (Å²) in [7, 11) is 0. The molecule has 0 amide bonds. The van der Waals surface area contributed by atoms with Gasteiger partial charge in [-0.05, 0) is 25.3 Å². The molecule has 5 atom stereocenters. The number of carbonyl (C=O) groups excluding carboxylic acids is 2. The molecule has 0 unspecified atom stereocenters. The summed E-state index contributed by atoms with van der Waals surface area (Å²) < 4.78 is 16.5. The van der Waals surface area contributed by atoms with E-state index in [-0.39, 0.29) is 30.2 Å². The standard InChI is InChI=1S/C19H26O6/c1-10(2)17(21)23-9-12-6-5-7-19(4)16(25-19)15(20)14-11(3)18(22)24-13(14)8-12/h6,10,13-16,20H,3,5,7-9H2,1-2,4H3/b12-6-/t13-,14+,15-,16+,19-/m0/s1. The second-order valence-corrected chi connectivity index (χ2v) is 7.70. The fourth-order valence-corrected chi connectivity index (χ4v) is 3.67. The maximum absolute atomic E-state index is 12.0. The number of rotatable bonds is 3. The molecule has 0 radical (unpaired) electrons. The highest BCUT2D eigenvalue weighted by Crippen LogP contribution is 2.48. The molecule has 2 aliphatic heterocycles. The predicted octanol–water partition coefficient (Wildman–Crippen LogP) is 1.91. The van der Waals surface area contributed by atoms with Crippen molar-refractivity contribution in [3.8, 4) is 0 Å². The fourth-order valence-electron chi connectivity index (χ4n) is 3.67. The van der Waals surface area contributed by atoms with Crippen LogP contribution in [0.4, 0.5) is 0 Å². The molecule has 0 aromatic rings. The van der Waals surface area contributed by atoms with Gasteiger partial charge in [0.1, 0.15) is 18.8 Å². The van der Waals surface area contributed by atoms with Gasteiger partial charge in [-0.2, -0.15) is 0 Å². The van der Waals surface area contributed by atoms with Crippen LogP contribution in [0.1, 0.15) is 40.0 Å². The van der Waals surface area contributed by atoms with E-state index in [1.54, 1.807) is 13.8 Å². The van der Waals surface area contributed by atoms with Crippen molar-refractivity contribution in [3.05, 3.63) is 23.8 Å². The van der Waals surface area contributed by atoms with Crippen molar-refractivity contribution >= 4 is 11.9 Å². The van der Waals surface area contributed by atoms with E-state index in [9.17, 15) is 14.7 Å². The summed E-state index contributed by atoms with van der Waals surface area (Å²) in [6.07, 6.45) is 2.31. The number of allylic oxidation sites excluding steroid dienone is 1. The molecule has 2 fully saturated rings. The number of fused-ring (bicyclic) bond motifs is 2. The molecule has 2 saturated heterocycles. The van der Waals surface area contributed by atoms with Crippen LogP contribution in [0.15, 0.2) is 23.8 Å². The number of carbonyl (C=O) groups is 2. The summed E-state index contributed by atoms with van der Waals surface area (Å²) in [5.41, 5.74) is 0.777. The topological polar surface area (TPSA) is 85.4 Å². The number of aliphatic hydroxyl groups excluding tert-OH is 1. The lowest BCUT2D eigenvalue weighted by Gasteiger charge is -2.25. The fraction of sp³-hybridized carbons (Fsp3) is 0.684. The minimum Gasteiger partial charge on any atom is -0.461 e. The molecule has 6 heteroatoms. The molecule has 0 spiro atoms. The number of aliphatic hydroxyl groups is 1. The maximum Gasteiger partial charge on any atom is 0.334 e. The first kappa shape index (κ1) is 18.1. The summed E-state index contributed by atoms with van der Waals surface area (Å²) >= 11 is 0. The lowest BCUT2D eigenvalue weighted by molar-refractivity contribution is -0.147. The molecule has 3 aliphatic rings. The van der Waals surface area contributed by atoms with Crippen LogP contribution in [-0.2, 0) is 23.8 Å². The molecule has 0 saturated carbocycles. The van der Waals surface area contributed by atoms with Crippen molar-refractivity contribution in [1.29, 1.82) is 0 Å². The summed E-state index contributed by atoms with van der Waals surface area (Å²) in [6, 6.07) is 0. The van der Waals surface area contributed by atoms with Gasteiger partial charge in [-0.3, -0.25) is 4.79 Å². The predicted molar refractivity (Wildman–Crippen MR) is 89.5 cm³/mol. The van der Waals surface area contributed by atoms with Crippen LogP contribution >= 0.6 is 0 Å². The van der Waals surface area contributed by atoms with Gasteiger partial charge in [0.05, 0.1) is 23.5 Å². The van der Waals surface area contributed by atoms with E-state index in [0.29, 0.717) is 6.42 Å². The van der Waals surface area contributed by atoms with Crippen molar-refractivity contribution in [2.75, 3.05) is 6.61 Å². The highest BCUT2D eigenvalue weighted by Gasteiger charge is 2.60. The van der Waals surface area contributed by atoms with Crippen LogP contribution in [0.5, 0.6) is 0 Å². The first-order chi connectivity index (χ1) is 11.7. The monoisotopic (exact) mass is 350 g/mol. The van der Waals surface area contributed by atoms with Crippen molar-refractivity contribution < 1.29 is 28.9 Å². The number of epoxide rings is 1. The van der Waals surface area contributed by atoms with Gasteiger partial charge in [0.25, 0.3) is 0 Å². The van der Waals surface area contributed by atoms with Gasteiger partial charge in [0.2, 0.25) is 0 Å². The Hall–Kier alpha value is -1.66. The van der Waals surface area contributed by atoms with Gasteiger partial charge in [0, 0.05) is 12.0 Å². The second kappa shape index (κ2) is 6.57. The molecule has 1 N–H and O–H groups in total. The van der Waals surface area contributed by atoms with Crippen LogP contribution in [0, 0.1) is 11.8 Å². The first-order valence-electron chi connectivity index (χ1n) is 8.83. The van der Waals surface area contributed by atoms with E-state index in [2.05, 4.69) is 6.58 Å². The number of esters is 2. The largest absolute Gasteiger partial charge is 0.461 e.